The van der Waals surface area contributed by atoms with Crippen LogP contribution < -0.4 is 15.4 Å². The van der Waals surface area contributed by atoms with Crippen molar-refractivity contribution in [1.82, 2.24) is 5.32 Å². The molecule has 0 fully saturated rings. The molecule has 0 aliphatic carbocycles. The number of thiocarbonyl (C=S) groups is 1. The minimum atomic E-state index is -0.0156. The van der Waals surface area contributed by atoms with Gasteiger partial charge in [-0.2, -0.15) is 0 Å². The first-order valence-electron chi connectivity index (χ1n) is 11.6. The largest absolute Gasteiger partial charge is 0.491 e. The second kappa shape index (κ2) is 10.8. The van der Waals surface area contributed by atoms with Crippen LogP contribution >= 0.6 is 12.2 Å². The van der Waals surface area contributed by atoms with E-state index in [-0.39, 0.29) is 17.2 Å². The summed E-state index contributed by atoms with van der Waals surface area (Å²) in [4.78, 5) is 13.0. The smallest absolute Gasteiger partial charge is 0.193 e. The van der Waals surface area contributed by atoms with E-state index in [0.29, 0.717) is 22.8 Å². The van der Waals surface area contributed by atoms with E-state index in [1.165, 1.54) is 16.7 Å². The number of benzene rings is 3. The molecule has 0 aromatic heterocycles. The van der Waals surface area contributed by atoms with Gasteiger partial charge in [0.05, 0.1) is 6.04 Å². The maximum atomic E-state index is 13.0. The van der Waals surface area contributed by atoms with Gasteiger partial charge >= 0.3 is 0 Å². The van der Waals surface area contributed by atoms with Crippen LogP contribution in [0.1, 0.15) is 60.3 Å². The molecule has 0 spiro atoms. The van der Waals surface area contributed by atoms with Gasteiger partial charge in [0.2, 0.25) is 0 Å². The lowest BCUT2D eigenvalue weighted by molar-refractivity contribution is 0.103. The van der Waals surface area contributed by atoms with Crippen molar-refractivity contribution in [3.8, 4) is 5.75 Å². The Bertz CT molecular complexity index is 1160. The van der Waals surface area contributed by atoms with Crippen molar-refractivity contribution in [3.63, 3.8) is 0 Å². The van der Waals surface area contributed by atoms with Crippen molar-refractivity contribution < 1.29 is 9.53 Å². The zero-order valence-electron chi connectivity index (χ0n) is 20.9. The third-order valence-corrected chi connectivity index (χ3v) is 5.97. The third kappa shape index (κ3) is 6.91. The lowest BCUT2D eigenvalue weighted by Crippen LogP contribution is -2.39. The number of aryl methyl sites for hydroxylation is 2. The zero-order valence-corrected chi connectivity index (χ0v) is 21.7. The lowest BCUT2D eigenvalue weighted by Gasteiger charge is -2.19. The normalized spacial score (nSPS) is 12.1. The summed E-state index contributed by atoms with van der Waals surface area (Å²) in [5, 5.41) is 6.89. The van der Waals surface area contributed by atoms with Crippen LogP contribution in [0, 0.1) is 13.8 Å². The quantitative estimate of drug-likeness (QED) is 0.299. The number of ether oxygens (including phenoxy) is 1. The van der Waals surface area contributed by atoms with Gasteiger partial charge in [-0.15, -0.1) is 0 Å². The van der Waals surface area contributed by atoms with E-state index in [1.807, 2.05) is 67.6 Å². The van der Waals surface area contributed by atoms with Crippen LogP contribution in [0.3, 0.4) is 0 Å². The average molecular weight is 475 g/mol. The number of carbonyl (C=O) groups is 1. The Balaban J connectivity index is 1.57. The van der Waals surface area contributed by atoms with Crippen LogP contribution in [0.15, 0.2) is 66.7 Å². The van der Waals surface area contributed by atoms with Gasteiger partial charge in [0.15, 0.2) is 10.9 Å². The fourth-order valence-corrected chi connectivity index (χ4v) is 3.80. The highest BCUT2D eigenvalue weighted by Crippen LogP contribution is 2.23. The Labute approximate surface area is 208 Å². The van der Waals surface area contributed by atoms with Gasteiger partial charge in [-0.3, -0.25) is 4.79 Å². The van der Waals surface area contributed by atoms with E-state index in [9.17, 15) is 4.79 Å². The maximum absolute atomic E-state index is 13.0. The van der Waals surface area contributed by atoms with Gasteiger partial charge in [-0.25, -0.2) is 0 Å². The van der Waals surface area contributed by atoms with Gasteiger partial charge in [0.1, 0.15) is 12.4 Å². The van der Waals surface area contributed by atoms with Crippen molar-refractivity contribution in [2.24, 2.45) is 0 Å². The first kappa shape index (κ1) is 25.4. The van der Waals surface area contributed by atoms with E-state index in [2.05, 4.69) is 51.3 Å². The fraction of sp³-hybridized carbons (Fsp3) is 0.310. The lowest BCUT2D eigenvalue weighted by atomic mass is 9.86. The number of ketones is 1. The molecular formula is C29H34N2O2S. The highest BCUT2D eigenvalue weighted by atomic mass is 32.1. The van der Waals surface area contributed by atoms with Gasteiger partial charge in [0, 0.05) is 16.8 Å². The second-order valence-corrected chi connectivity index (χ2v) is 10.2. The summed E-state index contributed by atoms with van der Waals surface area (Å²) in [6.45, 7) is 13.1. The van der Waals surface area contributed by atoms with Crippen molar-refractivity contribution in [3.05, 3.63) is 94.5 Å². The van der Waals surface area contributed by atoms with Crippen LogP contribution in [0.4, 0.5) is 5.69 Å². The van der Waals surface area contributed by atoms with E-state index >= 15 is 0 Å². The minimum absolute atomic E-state index is 0.00718. The van der Waals surface area contributed by atoms with Crippen LogP contribution in [0.5, 0.6) is 5.75 Å². The molecule has 0 amide bonds. The van der Waals surface area contributed by atoms with Crippen molar-refractivity contribution in [2.75, 3.05) is 11.9 Å². The van der Waals surface area contributed by atoms with E-state index in [4.69, 9.17) is 17.0 Å². The fourth-order valence-electron chi connectivity index (χ4n) is 3.48. The summed E-state index contributed by atoms with van der Waals surface area (Å²) in [6.07, 6.45) is 0. The molecule has 0 saturated carbocycles. The molecular weight excluding hydrogens is 440 g/mol. The van der Waals surface area contributed by atoms with Crippen molar-refractivity contribution in [1.29, 1.82) is 0 Å². The number of rotatable bonds is 7. The van der Waals surface area contributed by atoms with Crippen molar-refractivity contribution in [2.45, 2.75) is 53.0 Å². The van der Waals surface area contributed by atoms with Gasteiger partial charge < -0.3 is 15.4 Å². The Kier molecular flexibility index (Phi) is 8.11. The highest BCUT2D eigenvalue weighted by molar-refractivity contribution is 7.80. The molecule has 0 heterocycles. The van der Waals surface area contributed by atoms with Gasteiger partial charge in [0.25, 0.3) is 0 Å². The molecule has 0 unspecified atom stereocenters. The molecule has 0 bridgehead atoms. The first-order valence-corrected chi connectivity index (χ1v) is 12.0. The van der Waals surface area contributed by atoms with Crippen LogP contribution in [-0.2, 0) is 5.41 Å². The first-order chi connectivity index (χ1) is 16.0. The molecule has 0 aliphatic heterocycles. The average Bonchev–Trinajstić information content (AvgIpc) is 2.79. The van der Waals surface area contributed by atoms with Crippen molar-refractivity contribution >= 4 is 28.8 Å². The number of hydrogen-bond acceptors (Lipinski definition) is 3. The SMILES string of the molecule is Cc1ccc(OC[C@H](C)NC(=S)Nc2cccc(C(=O)c3ccc(C(C)(C)C)cc3)c2)cc1C. The summed E-state index contributed by atoms with van der Waals surface area (Å²) in [5.74, 6) is 0.829. The van der Waals surface area contributed by atoms with Gasteiger partial charge in [-0.05, 0) is 79.4 Å². The number of hydrogen-bond donors (Lipinski definition) is 2. The summed E-state index contributed by atoms with van der Waals surface area (Å²) in [6, 6.07) is 21.3. The van der Waals surface area contributed by atoms with Crippen LogP contribution in [0.25, 0.3) is 0 Å². The molecule has 1 atom stereocenters. The molecule has 2 N–H and O–H groups in total. The second-order valence-electron chi connectivity index (χ2n) is 9.79. The molecule has 34 heavy (non-hydrogen) atoms. The molecule has 4 nitrogen and oxygen atoms in total. The number of nitrogens with one attached hydrogen (secondary N) is 2. The predicted molar refractivity (Wildman–Crippen MR) is 145 cm³/mol. The Hall–Kier alpha value is -3.18. The Morgan fingerprint density at radius 2 is 1.65 bits per heavy atom. The number of carbonyl (C=O) groups excluding carboxylic acids is 1. The summed E-state index contributed by atoms with van der Waals surface area (Å²) in [5.41, 5.74) is 5.74. The standard InChI is InChI=1S/C29H34N2O2S/c1-19-10-15-26(16-20(19)2)33-18-21(3)30-28(34)31-25-9-7-8-23(17-25)27(32)22-11-13-24(14-12-22)29(4,5)6/h7-17,21H,18H2,1-6H3,(H2,30,31,34)/t21-/m0/s1. The molecule has 178 valence electrons. The van der Waals surface area contributed by atoms with E-state index in [0.717, 1.165) is 11.4 Å². The molecule has 0 aliphatic rings. The third-order valence-electron chi connectivity index (χ3n) is 5.75. The molecule has 3 rings (SSSR count). The Morgan fingerprint density at radius 3 is 2.29 bits per heavy atom. The monoisotopic (exact) mass is 474 g/mol. The zero-order chi connectivity index (χ0) is 24.9. The highest BCUT2D eigenvalue weighted by Gasteiger charge is 2.15. The van der Waals surface area contributed by atoms with Gasteiger partial charge in [-0.1, -0.05) is 63.2 Å². The molecule has 0 saturated heterocycles. The predicted octanol–water partition coefficient (Wildman–Crippen LogP) is 6.59. The molecule has 5 heteroatoms. The molecule has 0 radical (unpaired) electrons. The minimum Gasteiger partial charge on any atom is -0.491 e. The van der Waals surface area contributed by atoms with Crippen LogP contribution in [-0.4, -0.2) is 23.5 Å². The Morgan fingerprint density at radius 1 is 0.941 bits per heavy atom. The molecule has 3 aromatic rings. The summed E-state index contributed by atoms with van der Waals surface area (Å²) < 4.78 is 5.89. The van der Waals surface area contributed by atoms with Crippen LogP contribution in [0.2, 0.25) is 0 Å². The topological polar surface area (TPSA) is 50.4 Å². The van der Waals surface area contributed by atoms with E-state index in [1.54, 1.807) is 0 Å². The summed E-state index contributed by atoms with van der Waals surface area (Å²) in [7, 11) is 0. The van der Waals surface area contributed by atoms with E-state index < -0.39 is 0 Å². The maximum Gasteiger partial charge on any atom is 0.193 e. The number of anilines is 1. The summed E-state index contributed by atoms with van der Waals surface area (Å²) >= 11 is 5.47. The molecule has 3 aromatic carbocycles.